The molecule has 0 fully saturated rings. The fourth-order valence-electron chi connectivity index (χ4n) is 1.81. The highest BCUT2D eigenvalue weighted by atomic mass is 19.1. The number of rotatable bonds is 4. The maximum Gasteiger partial charge on any atom is 0.143 e. The lowest BCUT2D eigenvalue weighted by molar-refractivity contribution is 0.623. The minimum atomic E-state index is -0.476. The van der Waals surface area contributed by atoms with E-state index in [4.69, 9.17) is 5.26 Å². The Bertz CT molecular complexity index is 590. The van der Waals surface area contributed by atoms with Crippen molar-refractivity contribution in [2.75, 3.05) is 18.5 Å². The number of benzene rings is 1. The van der Waals surface area contributed by atoms with Gasteiger partial charge >= 0.3 is 0 Å². The fraction of sp³-hybridized carbons (Fsp3) is 0.200. The highest BCUT2D eigenvalue weighted by molar-refractivity contribution is 5.50. The molecule has 0 N–H and O–H groups in total. The molecule has 0 saturated carbocycles. The first kappa shape index (κ1) is 13.0. The molecule has 0 aliphatic carbocycles. The molecule has 4 heteroatoms. The van der Waals surface area contributed by atoms with E-state index in [1.54, 1.807) is 18.5 Å². The molecule has 3 nitrogen and oxygen atoms in total. The van der Waals surface area contributed by atoms with Crippen molar-refractivity contribution < 1.29 is 4.39 Å². The first-order chi connectivity index (χ1) is 9.20. The zero-order valence-corrected chi connectivity index (χ0v) is 10.7. The Morgan fingerprint density at radius 2 is 2.00 bits per heavy atom. The molecule has 19 heavy (non-hydrogen) atoms. The molecule has 2 rings (SSSR count). The third-order valence-corrected chi connectivity index (χ3v) is 3.00. The van der Waals surface area contributed by atoms with Gasteiger partial charge in [-0.05, 0) is 42.3 Å². The number of hydrogen-bond donors (Lipinski definition) is 0. The third kappa shape index (κ3) is 3.29. The van der Waals surface area contributed by atoms with E-state index in [9.17, 15) is 4.39 Å². The van der Waals surface area contributed by atoms with Gasteiger partial charge in [-0.15, -0.1) is 0 Å². The number of halogens is 1. The summed E-state index contributed by atoms with van der Waals surface area (Å²) in [6.45, 7) is 0.773. The molecule has 0 saturated heterocycles. The zero-order chi connectivity index (χ0) is 13.7. The first-order valence-electron chi connectivity index (χ1n) is 6.00. The molecular weight excluding hydrogens is 241 g/mol. The molecule has 0 aliphatic heterocycles. The van der Waals surface area contributed by atoms with E-state index < -0.39 is 5.82 Å². The van der Waals surface area contributed by atoms with E-state index in [1.165, 1.54) is 17.7 Å². The molecule has 2 aromatic rings. The zero-order valence-electron chi connectivity index (χ0n) is 10.7. The molecule has 0 unspecified atom stereocenters. The van der Waals surface area contributed by atoms with Gasteiger partial charge in [0.25, 0.3) is 0 Å². The maximum atomic E-state index is 13.5. The Kier molecular flexibility index (Phi) is 4.09. The van der Waals surface area contributed by atoms with Gasteiger partial charge in [0.1, 0.15) is 11.9 Å². The molecule has 0 bridgehead atoms. The van der Waals surface area contributed by atoms with Crippen LogP contribution in [-0.2, 0) is 6.42 Å². The third-order valence-electron chi connectivity index (χ3n) is 3.00. The van der Waals surface area contributed by atoms with Crippen molar-refractivity contribution in [3.05, 3.63) is 59.7 Å². The van der Waals surface area contributed by atoms with Gasteiger partial charge in [0.15, 0.2) is 0 Å². The first-order valence-corrected chi connectivity index (χ1v) is 6.00. The summed E-state index contributed by atoms with van der Waals surface area (Å²) in [6, 6.07) is 10.4. The second-order valence-electron chi connectivity index (χ2n) is 4.30. The van der Waals surface area contributed by atoms with Crippen molar-refractivity contribution >= 4 is 5.69 Å². The summed E-state index contributed by atoms with van der Waals surface area (Å²) in [5.41, 5.74) is 2.04. The fourth-order valence-corrected chi connectivity index (χ4v) is 1.81. The number of hydrogen-bond acceptors (Lipinski definition) is 3. The predicted molar refractivity (Wildman–Crippen MR) is 72.3 cm³/mol. The number of pyridine rings is 1. The summed E-state index contributed by atoms with van der Waals surface area (Å²) in [6.07, 6.45) is 4.38. The van der Waals surface area contributed by atoms with Gasteiger partial charge in [-0.25, -0.2) is 4.39 Å². The van der Waals surface area contributed by atoms with E-state index in [1.807, 2.05) is 30.1 Å². The highest BCUT2D eigenvalue weighted by Crippen LogP contribution is 2.17. The van der Waals surface area contributed by atoms with Gasteiger partial charge in [0.2, 0.25) is 0 Å². The van der Waals surface area contributed by atoms with Gasteiger partial charge in [0.05, 0.1) is 5.56 Å². The summed E-state index contributed by atoms with van der Waals surface area (Å²) in [7, 11) is 1.90. The van der Waals surface area contributed by atoms with Crippen LogP contribution in [0.15, 0.2) is 42.7 Å². The van der Waals surface area contributed by atoms with Crippen molar-refractivity contribution in [2.24, 2.45) is 0 Å². The average Bonchev–Trinajstić information content (AvgIpc) is 2.45. The monoisotopic (exact) mass is 255 g/mol. The second-order valence-corrected chi connectivity index (χ2v) is 4.30. The topological polar surface area (TPSA) is 39.9 Å². The van der Waals surface area contributed by atoms with Gasteiger partial charge < -0.3 is 4.90 Å². The Morgan fingerprint density at radius 1 is 1.26 bits per heavy atom. The average molecular weight is 255 g/mol. The van der Waals surface area contributed by atoms with Gasteiger partial charge in [-0.1, -0.05) is 0 Å². The Morgan fingerprint density at radius 3 is 2.63 bits per heavy atom. The van der Waals surface area contributed by atoms with Crippen molar-refractivity contribution in [1.82, 2.24) is 4.98 Å². The van der Waals surface area contributed by atoms with E-state index in [-0.39, 0.29) is 5.56 Å². The minimum absolute atomic E-state index is 0.0753. The lowest BCUT2D eigenvalue weighted by atomic mass is 10.1. The smallest absolute Gasteiger partial charge is 0.143 e. The summed E-state index contributed by atoms with van der Waals surface area (Å²) >= 11 is 0. The highest BCUT2D eigenvalue weighted by Gasteiger charge is 2.06. The number of anilines is 1. The summed E-state index contributed by atoms with van der Waals surface area (Å²) in [5.74, 6) is -0.476. The molecule has 96 valence electrons. The molecule has 0 atom stereocenters. The SMILES string of the molecule is CN(CCc1ccncc1)c1ccc(C#N)c(F)c1. The van der Waals surface area contributed by atoms with Crippen LogP contribution in [-0.4, -0.2) is 18.6 Å². The van der Waals surface area contributed by atoms with Crippen molar-refractivity contribution in [1.29, 1.82) is 5.26 Å². The normalized spacial score (nSPS) is 9.95. The molecule has 1 aromatic carbocycles. The van der Waals surface area contributed by atoms with Crippen LogP contribution in [0.25, 0.3) is 0 Å². The standard InChI is InChI=1S/C15H14FN3/c1-19(9-6-12-4-7-18-8-5-12)14-3-2-13(11-17)15(16)10-14/h2-5,7-8,10H,6,9H2,1H3. The van der Waals surface area contributed by atoms with Crippen LogP contribution in [0.3, 0.4) is 0 Å². The predicted octanol–water partition coefficient (Wildman–Crippen LogP) is 2.77. The number of nitriles is 1. The van der Waals surface area contributed by atoms with Crippen LogP contribution in [0.4, 0.5) is 10.1 Å². The van der Waals surface area contributed by atoms with Crippen LogP contribution >= 0.6 is 0 Å². The Balaban J connectivity index is 2.02. The van der Waals surface area contributed by atoms with E-state index in [0.717, 1.165) is 18.7 Å². The van der Waals surface area contributed by atoms with Gasteiger partial charge in [-0.3, -0.25) is 4.98 Å². The van der Waals surface area contributed by atoms with E-state index in [2.05, 4.69) is 4.98 Å². The number of likely N-dealkylation sites (N-methyl/N-ethyl adjacent to an activating group) is 1. The number of aromatic nitrogens is 1. The molecule has 1 heterocycles. The molecular formula is C15H14FN3. The summed E-state index contributed by atoms with van der Waals surface area (Å²) in [5, 5.41) is 8.69. The van der Waals surface area contributed by atoms with Crippen molar-refractivity contribution in [2.45, 2.75) is 6.42 Å². The van der Waals surface area contributed by atoms with Gasteiger partial charge in [-0.2, -0.15) is 5.26 Å². The van der Waals surface area contributed by atoms with E-state index in [0.29, 0.717) is 0 Å². The quantitative estimate of drug-likeness (QED) is 0.843. The molecule has 1 aromatic heterocycles. The van der Waals surface area contributed by atoms with Crippen LogP contribution in [0.5, 0.6) is 0 Å². The lowest BCUT2D eigenvalue weighted by Gasteiger charge is -2.19. The van der Waals surface area contributed by atoms with Crippen LogP contribution in [0, 0.1) is 17.1 Å². The molecule has 0 aliphatic rings. The minimum Gasteiger partial charge on any atom is -0.374 e. The van der Waals surface area contributed by atoms with Crippen molar-refractivity contribution in [3.63, 3.8) is 0 Å². The van der Waals surface area contributed by atoms with Crippen LogP contribution < -0.4 is 4.90 Å². The summed E-state index contributed by atoms with van der Waals surface area (Å²) in [4.78, 5) is 5.93. The molecule has 0 radical (unpaired) electrons. The van der Waals surface area contributed by atoms with E-state index >= 15 is 0 Å². The molecule has 0 amide bonds. The number of nitrogens with zero attached hydrogens (tertiary/aromatic N) is 3. The van der Waals surface area contributed by atoms with Crippen LogP contribution in [0.2, 0.25) is 0 Å². The van der Waals surface area contributed by atoms with Crippen molar-refractivity contribution in [3.8, 4) is 6.07 Å². The molecule has 0 spiro atoms. The second kappa shape index (κ2) is 5.96. The van der Waals surface area contributed by atoms with Crippen LogP contribution in [0.1, 0.15) is 11.1 Å². The Labute approximate surface area is 111 Å². The Hall–Kier alpha value is -2.41. The summed E-state index contributed by atoms with van der Waals surface area (Å²) < 4.78 is 13.5. The lowest BCUT2D eigenvalue weighted by Crippen LogP contribution is -2.20. The van der Waals surface area contributed by atoms with Gasteiger partial charge in [0, 0.05) is 31.7 Å². The largest absolute Gasteiger partial charge is 0.374 e. The maximum absolute atomic E-state index is 13.5.